The van der Waals surface area contributed by atoms with E-state index in [2.05, 4.69) is 15.9 Å². The first kappa shape index (κ1) is 14.6. The Balaban J connectivity index is 2.12. The summed E-state index contributed by atoms with van der Waals surface area (Å²) in [4.78, 5) is 11.1. The molecule has 2 rings (SSSR count). The number of ether oxygens (including phenoxy) is 1. The third-order valence-corrected chi connectivity index (χ3v) is 3.27. The monoisotopic (exact) mass is 336 g/mol. The van der Waals surface area contributed by atoms with Crippen molar-refractivity contribution in [3.63, 3.8) is 0 Å². The van der Waals surface area contributed by atoms with Crippen LogP contribution < -0.4 is 4.74 Å². The fraction of sp³-hybridized carbons (Fsp3) is 0.133. The molecule has 0 aliphatic carbocycles. The number of rotatable bonds is 5. The molecule has 0 spiro atoms. The molecule has 0 atom stereocenters. The second-order valence-corrected chi connectivity index (χ2v) is 5.12. The van der Waals surface area contributed by atoms with E-state index in [1.165, 1.54) is 6.07 Å². The van der Waals surface area contributed by atoms with Gasteiger partial charge in [-0.2, -0.15) is 0 Å². The Morgan fingerprint density at radius 1 is 1.10 bits per heavy atom. The van der Waals surface area contributed by atoms with Crippen LogP contribution in [0, 0.1) is 0 Å². The molecule has 0 fully saturated rings. The molecule has 0 unspecified atom stereocenters. The molecule has 2 aromatic carbocycles. The number of hydrogen-bond acceptors (Lipinski definition) is 3. The summed E-state index contributed by atoms with van der Waals surface area (Å²) in [6, 6.07) is 12.1. The summed E-state index contributed by atoms with van der Waals surface area (Å²) in [7, 11) is 0. The number of halogens is 1. The first-order valence-corrected chi connectivity index (χ1v) is 6.74. The fourth-order valence-electron chi connectivity index (χ4n) is 1.70. The molecule has 0 amide bonds. The average Bonchev–Trinajstić information content (AvgIpc) is 2.46. The molecule has 0 radical (unpaired) electrons. The molecule has 0 aliphatic rings. The predicted octanol–water partition coefficient (Wildman–Crippen LogP) is 3.22. The van der Waals surface area contributed by atoms with Crippen LogP contribution in [0.5, 0.6) is 5.75 Å². The maximum atomic E-state index is 11.1. The quantitative estimate of drug-likeness (QED) is 0.879. The summed E-state index contributed by atoms with van der Waals surface area (Å²) in [6.07, 6.45) is 0. The van der Waals surface area contributed by atoms with E-state index < -0.39 is 5.97 Å². The van der Waals surface area contributed by atoms with Gasteiger partial charge in [0.05, 0.1) is 6.61 Å². The predicted molar refractivity (Wildman–Crippen MR) is 77.8 cm³/mol. The Morgan fingerprint density at radius 3 is 2.35 bits per heavy atom. The second-order valence-electron chi connectivity index (χ2n) is 4.21. The van der Waals surface area contributed by atoms with Crippen LogP contribution in [0.25, 0.3) is 0 Å². The van der Waals surface area contributed by atoms with Crippen molar-refractivity contribution in [2.24, 2.45) is 0 Å². The molecule has 104 valence electrons. The van der Waals surface area contributed by atoms with Gasteiger partial charge in [-0.1, -0.05) is 40.2 Å². The van der Waals surface area contributed by atoms with Crippen molar-refractivity contribution in [1.29, 1.82) is 0 Å². The number of carboxylic acid groups (broad SMARTS) is 1. The summed E-state index contributed by atoms with van der Waals surface area (Å²) in [6.45, 7) is 0.268. The number of carboxylic acids is 1. The van der Waals surface area contributed by atoms with E-state index in [-0.39, 0.29) is 18.8 Å². The topological polar surface area (TPSA) is 66.8 Å². The van der Waals surface area contributed by atoms with Crippen LogP contribution in [0.15, 0.2) is 46.9 Å². The van der Waals surface area contributed by atoms with E-state index in [9.17, 15) is 4.79 Å². The van der Waals surface area contributed by atoms with Crippen molar-refractivity contribution in [2.45, 2.75) is 13.2 Å². The van der Waals surface area contributed by atoms with Crippen LogP contribution in [0.3, 0.4) is 0 Å². The SMILES string of the molecule is O=C(O)c1cc(Br)ccc1OCc1ccc(CO)cc1. The molecule has 4 nitrogen and oxygen atoms in total. The Kier molecular flexibility index (Phi) is 4.76. The summed E-state index contributed by atoms with van der Waals surface area (Å²) >= 11 is 3.23. The van der Waals surface area contributed by atoms with Crippen LogP contribution >= 0.6 is 15.9 Å². The smallest absolute Gasteiger partial charge is 0.339 e. The fourth-order valence-corrected chi connectivity index (χ4v) is 2.06. The van der Waals surface area contributed by atoms with Crippen LogP contribution in [0.4, 0.5) is 0 Å². The minimum atomic E-state index is -1.03. The van der Waals surface area contributed by atoms with E-state index >= 15 is 0 Å². The standard InChI is InChI=1S/C15H13BrO4/c16-12-5-6-14(13(7-12)15(18)19)20-9-11-3-1-10(8-17)2-4-11/h1-7,17H,8-9H2,(H,18,19). The Morgan fingerprint density at radius 2 is 1.75 bits per heavy atom. The molecule has 5 heteroatoms. The first-order chi connectivity index (χ1) is 9.60. The molecular formula is C15H13BrO4. The first-order valence-electron chi connectivity index (χ1n) is 5.94. The molecule has 0 heterocycles. The zero-order valence-corrected chi connectivity index (χ0v) is 12.1. The second kappa shape index (κ2) is 6.54. The van der Waals surface area contributed by atoms with Gasteiger partial charge >= 0.3 is 5.97 Å². The lowest BCUT2D eigenvalue weighted by Crippen LogP contribution is -2.03. The lowest BCUT2D eigenvalue weighted by atomic mass is 10.1. The van der Waals surface area contributed by atoms with Crippen molar-refractivity contribution >= 4 is 21.9 Å². The number of aliphatic hydroxyl groups excluding tert-OH is 1. The molecular weight excluding hydrogens is 324 g/mol. The van der Waals surface area contributed by atoms with Gasteiger partial charge in [0, 0.05) is 4.47 Å². The summed E-state index contributed by atoms with van der Waals surface area (Å²) in [5.74, 6) is -0.705. The summed E-state index contributed by atoms with van der Waals surface area (Å²) < 4.78 is 6.24. The van der Waals surface area contributed by atoms with E-state index in [1.54, 1.807) is 24.3 Å². The van der Waals surface area contributed by atoms with Gasteiger partial charge < -0.3 is 14.9 Å². The van der Waals surface area contributed by atoms with E-state index in [4.69, 9.17) is 14.9 Å². The van der Waals surface area contributed by atoms with Crippen LogP contribution in [0.1, 0.15) is 21.5 Å². The van der Waals surface area contributed by atoms with Gasteiger partial charge in [-0.25, -0.2) is 4.79 Å². The number of benzene rings is 2. The maximum Gasteiger partial charge on any atom is 0.339 e. The molecule has 0 bridgehead atoms. The highest BCUT2D eigenvalue weighted by Crippen LogP contribution is 2.24. The maximum absolute atomic E-state index is 11.1. The van der Waals surface area contributed by atoms with Gasteiger partial charge in [-0.3, -0.25) is 0 Å². The molecule has 0 aromatic heterocycles. The van der Waals surface area contributed by atoms with Crippen molar-refractivity contribution < 1.29 is 19.7 Å². The van der Waals surface area contributed by atoms with Crippen LogP contribution in [-0.2, 0) is 13.2 Å². The van der Waals surface area contributed by atoms with Crippen LogP contribution in [0.2, 0.25) is 0 Å². The number of aliphatic hydroxyl groups is 1. The molecule has 0 aliphatic heterocycles. The van der Waals surface area contributed by atoms with Crippen molar-refractivity contribution in [2.75, 3.05) is 0 Å². The van der Waals surface area contributed by atoms with Crippen molar-refractivity contribution in [3.8, 4) is 5.75 Å². The summed E-state index contributed by atoms with van der Waals surface area (Å²) in [5, 5.41) is 18.1. The highest BCUT2D eigenvalue weighted by Gasteiger charge is 2.11. The molecule has 2 N–H and O–H groups in total. The number of carbonyl (C=O) groups is 1. The van der Waals surface area contributed by atoms with Crippen LogP contribution in [-0.4, -0.2) is 16.2 Å². The minimum Gasteiger partial charge on any atom is -0.488 e. The zero-order chi connectivity index (χ0) is 14.5. The van der Waals surface area contributed by atoms with Crippen molar-refractivity contribution in [1.82, 2.24) is 0 Å². The third-order valence-electron chi connectivity index (χ3n) is 2.77. The Hall–Kier alpha value is -1.85. The normalized spacial score (nSPS) is 10.3. The average molecular weight is 337 g/mol. The molecule has 20 heavy (non-hydrogen) atoms. The highest BCUT2D eigenvalue weighted by atomic mass is 79.9. The molecule has 0 saturated carbocycles. The molecule has 0 saturated heterocycles. The summed E-state index contributed by atoms with van der Waals surface area (Å²) in [5.41, 5.74) is 1.84. The van der Waals surface area contributed by atoms with E-state index in [0.717, 1.165) is 11.1 Å². The van der Waals surface area contributed by atoms with E-state index in [0.29, 0.717) is 10.2 Å². The van der Waals surface area contributed by atoms with Gasteiger partial charge in [0.25, 0.3) is 0 Å². The Bertz CT molecular complexity index is 608. The lowest BCUT2D eigenvalue weighted by Gasteiger charge is -2.10. The number of hydrogen-bond donors (Lipinski definition) is 2. The van der Waals surface area contributed by atoms with Gasteiger partial charge in [0.1, 0.15) is 17.9 Å². The number of aromatic carboxylic acids is 1. The van der Waals surface area contributed by atoms with E-state index in [1.807, 2.05) is 12.1 Å². The van der Waals surface area contributed by atoms with Gasteiger partial charge in [0.15, 0.2) is 0 Å². The van der Waals surface area contributed by atoms with Gasteiger partial charge in [-0.05, 0) is 29.3 Å². The van der Waals surface area contributed by atoms with Gasteiger partial charge in [0.2, 0.25) is 0 Å². The third kappa shape index (κ3) is 3.59. The largest absolute Gasteiger partial charge is 0.488 e. The lowest BCUT2D eigenvalue weighted by molar-refractivity contribution is 0.0691. The highest BCUT2D eigenvalue weighted by molar-refractivity contribution is 9.10. The Labute approximate surface area is 124 Å². The van der Waals surface area contributed by atoms with Gasteiger partial charge in [-0.15, -0.1) is 0 Å². The zero-order valence-electron chi connectivity index (χ0n) is 10.5. The minimum absolute atomic E-state index is 0.00296. The molecule has 2 aromatic rings. The van der Waals surface area contributed by atoms with Crippen molar-refractivity contribution in [3.05, 3.63) is 63.6 Å².